The van der Waals surface area contributed by atoms with E-state index in [4.69, 9.17) is 5.73 Å². The van der Waals surface area contributed by atoms with Crippen LogP contribution in [0, 0.1) is 5.92 Å². The zero-order valence-electron chi connectivity index (χ0n) is 10.5. The molecule has 3 N–H and O–H groups in total. The van der Waals surface area contributed by atoms with Gasteiger partial charge < -0.3 is 11.1 Å². The lowest BCUT2D eigenvalue weighted by molar-refractivity contribution is -0.122. The Kier molecular flexibility index (Phi) is 5.62. The molecular weight excluding hydrogens is 220 g/mol. The molecule has 4 heteroatoms. The van der Waals surface area contributed by atoms with Gasteiger partial charge in [-0.15, -0.1) is 0 Å². The van der Waals surface area contributed by atoms with Crippen LogP contribution in [0.1, 0.15) is 39.5 Å². The van der Waals surface area contributed by atoms with Crippen molar-refractivity contribution in [3.8, 4) is 0 Å². The highest BCUT2D eigenvalue weighted by Gasteiger charge is 2.25. The van der Waals surface area contributed by atoms with Crippen LogP contribution in [0.15, 0.2) is 0 Å². The van der Waals surface area contributed by atoms with E-state index < -0.39 is 0 Å². The van der Waals surface area contributed by atoms with Crippen LogP contribution in [0.25, 0.3) is 0 Å². The van der Waals surface area contributed by atoms with E-state index in [9.17, 15) is 4.79 Å². The van der Waals surface area contributed by atoms with E-state index in [0.29, 0.717) is 18.4 Å². The summed E-state index contributed by atoms with van der Waals surface area (Å²) in [5, 5.41) is 3.82. The predicted molar refractivity (Wildman–Crippen MR) is 70.5 cm³/mol. The molecule has 3 atom stereocenters. The van der Waals surface area contributed by atoms with E-state index in [0.717, 1.165) is 18.1 Å². The Morgan fingerprint density at radius 2 is 2.19 bits per heavy atom. The van der Waals surface area contributed by atoms with E-state index in [1.165, 1.54) is 6.42 Å². The van der Waals surface area contributed by atoms with Crippen LogP contribution in [0.4, 0.5) is 0 Å². The van der Waals surface area contributed by atoms with Crippen molar-refractivity contribution >= 4 is 17.7 Å². The number of rotatable bonds is 5. The lowest BCUT2D eigenvalue weighted by Crippen LogP contribution is -2.39. The van der Waals surface area contributed by atoms with Crippen molar-refractivity contribution in [1.82, 2.24) is 5.32 Å². The first kappa shape index (κ1) is 13.8. The average Bonchev–Trinajstić information content (AvgIpc) is 2.65. The predicted octanol–water partition coefficient (Wildman–Crippen LogP) is 1.76. The summed E-state index contributed by atoms with van der Waals surface area (Å²) in [4.78, 5) is 11.7. The minimum Gasteiger partial charge on any atom is -0.353 e. The molecule has 1 aliphatic rings. The Labute approximate surface area is 103 Å². The number of carbonyl (C=O) groups excluding carboxylic acids is 1. The lowest BCUT2D eigenvalue weighted by atomic mass is 10.0. The van der Waals surface area contributed by atoms with Crippen molar-refractivity contribution in [3.05, 3.63) is 0 Å². The second kappa shape index (κ2) is 6.50. The summed E-state index contributed by atoms with van der Waals surface area (Å²) in [6.45, 7) is 4.11. The van der Waals surface area contributed by atoms with Crippen molar-refractivity contribution < 1.29 is 4.79 Å². The summed E-state index contributed by atoms with van der Waals surface area (Å²) in [6, 6.07) is 0.363. The maximum absolute atomic E-state index is 11.7. The van der Waals surface area contributed by atoms with Crippen molar-refractivity contribution in [2.75, 3.05) is 6.26 Å². The van der Waals surface area contributed by atoms with Crippen molar-refractivity contribution in [2.45, 2.75) is 56.9 Å². The topological polar surface area (TPSA) is 55.1 Å². The third kappa shape index (κ3) is 4.34. The molecule has 3 unspecified atom stereocenters. The molecule has 0 aromatic rings. The molecule has 0 aliphatic heterocycles. The molecule has 1 rings (SSSR count). The second-order valence-corrected chi connectivity index (χ2v) is 6.19. The standard InChI is InChI=1S/C12H24N2OS/c1-8(2)11(13)7-12(15)14-9-4-5-10(6-9)16-3/h8-11H,4-7,13H2,1-3H3,(H,14,15). The number of carbonyl (C=O) groups is 1. The van der Waals surface area contributed by atoms with E-state index in [1.807, 2.05) is 11.8 Å². The summed E-state index contributed by atoms with van der Waals surface area (Å²) in [5.74, 6) is 0.487. The number of nitrogens with two attached hydrogens (primary N) is 1. The molecule has 0 radical (unpaired) electrons. The highest BCUT2D eigenvalue weighted by atomic mass is 32.2. The van der Waals surface area contributed by atoms with Crippen molar-refractivity contribution in [2.24, 2.45) is 11.7 Å². The molecule has 0 saturated heterocycles. The Balaban J connectivity index is 2.25. The van der Waals surface area contributed by atoms with Gasteiger partial charge in [0.25, 0.3) is 0 Å². The van der Waals surface area contributed by atoms with Crippen LogP contribution in [0.5, 0.6) is 0 Å². The fourth-order valence-electron chi connectivity index (χ4n) is 2.02. The molecule has 1 fully saturated rings. The fourth-order valence-corrected chi connectivity index (χ4v) is 2.82. The normalized spacial score (nSPS) is 27.1. The summed E-state index contributed by atoms with van der Waals surface area (Å²) in [5.41, 5.74) is 5.88. The highest BCUT2D eigenvalue weighted by molar-refractivity contribution is 7.99. The largest absolute Gasteiger partial charge is 0.353 e. The monoisotopic (exact) mass is 244 g/mol. The van der Waals surface area contributed by atoms with Crippen molar-refractivity contribution in [1.29, 1.82) is 0 Å². The molecule has 0 heterocycles. The minimum absolute atomic E-state index is 0.0160. The zero-order chi connectivity index (χ0) is 12.1. The third-order valence-corrected chi connectivity index (χ3v) is 4.46. The van der Waals surface area contributed by atoms with Gasteiger partial charge in [0.05, 0.1) is 0 Å². The third-order valence-electron chi connectivity index (χ3n) is 3.36. The molecule has 1 saturated carbocycles. The van der Waals surface area contributed by atoms with Crippen LogP contribution in [0.3, 0.4) is 0 Å². The van der Waals surface area contributed by atoms with Crippen LogP contribution in [-0.2, 0) is 4.79 Å². The SMILES string of the molecule is CSC1CCC(NC(=O)CC(N)C(C)C)C1. The first-order valence-electron chi connectivity index (χ1n) is 6.10. The Hall–Kier alpha value is -0.220. The fraction of sp³-hybridized carbons (Fsp3) is 0.917. The van der Waals surface area contributed by atoms with Gasteiger partial charge in [-0.05, 0) is 31.4 Å². The van der Waals surface area contributed by atoms with Crippen LogP contribution < -0.4 is 11.1 Å². The second-order valence-electron chi connectivity index (χ2n) is 5.05. The molecule has 1 aliphatic carbocycles. The van der Waals surface area contributed by atoms with Gasteiger partial charge in [0.15, 0.2) is 0 Å². The Morgan fingerprint density at radius 3 is 2.69 bits per heavy atom. The Morgan fingerprint density at radius 1 is 1.50 bits per heavy atom. The van der Waals surface area contributed by atoms with Gasteiger partial charge in [0.1, 0.15) is 0 Å². The summed E-state index contributed by atoms with van der Waals surface area (Å²) < 4.78 is 0. The van der Waals surface area contributed by atoms with Gasteiger partial charge in [-0.25, -0.2) is 0 Å². The van der Waals surface area contributed by atoms with E-state index in [1.54, 1.807) is 0 Å². The van der Waals surface area contributed by atoms with E-state index >= 15 is 0 Å². The molecule has 1 amide bonds. The smallest absolute Gasteiger partial charge is 0.221 e. The molecule has 16 heavy (non-hydrogen) atoms. The molecule has 0 aromatic heterocycles. The first-order valence-corrected chi connectivity index (χ1v) is 7.39. The molecule has 0 bridgehead atoms. The summed E-state index contributed by atoms with van der Waals surface area (Å²) in [7, 11) is 0. The number of hydrogen-bond acceptors (Lipinski definition) is 3. The van der Waals surface area contributed by atoms with Crippen LogP contribution >= 0.6 is 11.8 Å². The first-order chi connectivity index (χ1) is 7.52. The minimum atomic E-state index is -0.0160. The molecule has 94 valence electrons. The molecule has 0 spiro atoms. The quantitative estimate of drug-likeness (QED) is 0.775. The van der Waals surface area contributed by atoms with E-state index in [2.05, 4.69) is 25.4 Å². The number of thioether (sulfide) groups is 1. The van der Waals surface area contributed by atoms with Crippen molar-refractivity contribution in [3.63, 3.8) is 0 Å². The maximum Gasteiger partial charge on any atom is 0.221 e. The van der Waals surface area contributed by atoms with Gasteiger partial charge in [-0.1, -0.05) is 13.8 Å². The summed E-state index contributed by atoms with van der Waals surface area (Å²) >= 11 is 1.91. The number of hydrogen-bond donors (Lipinski definition) is 2. The molecule has 3 nitrogen and oxygen atoms in total. The molecular formula is C12H24N2OS. The average molecular weight is 244 g/mol. The van der Waals surface area contributed by atoms with Gasteiger partial charge >= 0.3 is 0 Å². The summed E-state index contributed by atoms with van der Waals surface area (Å²) in [6.07, 6.45) is 6.06. The highest BCUT2D eigenvalue weighted by Crippen LogP contribution is 2.28. The number of amides is 1. The van der Waals surface area contributed by atoms with Crippen LogP contribution in [-0.4, -0.2) is 29.5 Å². The van der Waals surface area contributed by atoms with Gasteiger partial charge in [0.2, 0.25) is 5.91 Å². The van der Waals surface area contributed by atoms with Gasteiger partial charge in [-0.2, -0.15) is 11.8 Å². The number of nitrogens with one attached hydrogen (secondary N) is 1. The zero-order valence-corrected chi connectivity index (χ0v) is 11.3. The van der Waals surface area contributed by atoms with Crippen LogP contribution in [0.2, 0.25) is 0 Å². The van der Waals surface area contributed by atoms with Gasteiger partial charge in [0, 0.05) is 23.8 Å². The maximum atomic E-state index is 11.7. The van der Waals surface area contributed by atoms with Gasteiger partial charge in [-0.3, -0.25) is 4.79 Å². The Bertz CT molecular complexity index is 233. The van der Waals surface area contributed by atoms with E-state index in [-0.39, 0.29) is 11.9 Å². The molecule has 0 aromatic carbocycles. The lowest BCUT2D eigenvalue weighted by Gasteiger charge is -2.17.